The normalized spacial score (nSPS) is 13.9. The van der Waals surface area contributed by atoms with Crippen LogP contribution in [0.15, 0.2) is 35.0 Å². The van der Waals surface area contributed by atoms with Crippen molar-refractivity contribution in [2.24, 2.45) is 7.05 Å². The van der Waals surface area contributed by atoms with Gasteiger partial charge in [0.2, 0.25) is 0 Å². The number of nitrogens with zero attached hydrogens (tertiary/aromatic N) is 4. The molecule has 29 heavy (non-hydrogen) atoms. The second-order valence-corrected chi connectivity index (χ2v) is 6.49. The van der Waals surface area contributed by atoms with E-state index in [1.807, 2.05) is 0 Å². The molecule has 0 fully saturated rings. The van der Waals surface area contributed by atoms with E-state index >= 15 is 0 Å². The summed E-state index contributed by atoms with van der Waals surface area (Å²) < 4.78 is 44.4. The van der Waals surface area contributed by atoms with Gasteiger partial charge in [-0.25, -0.2) is 0 Å². The van der Waals surface area contributed by atoms with Gasteiger partial charge in [-0.05, 0) is 26.0 Å². The van der Waals surface area contributed by atoms with Crippen LogP contribution in [0.3, 0.4) is 0 Å². The highest BCUT2D eigenvalue weighted by molar-refractivity contribution is 5.92. The Morgan fingerprint density at radius 1 is 1.28 bits per heavy atom. The molecular weight excluding hydrogens is 391 g/mol. The lowest BCUT2D eigenvalue weighted by atomic mass is 10.1. The number of halogens is 3. The second-order valence-electron chi connectivity index (χ2n) is 6.49. The number of pyridine rings is 1. The predicted molar refractivity (Wildman–Crippen MR) is 94.5 cm³/mol. The molecule has 0 spiro atoms. The molecule has 0 aliphatic heterocycles. The Morgan fingerprint density at radius 2 is 2.00 bits per heavy atom. The summed E-state index contributed by atoms with van der Waals surface area (Å²) in [4.78, 5) is 16.4. The number of hydrogen-bond acceptors (Lipinski definition) is 6. The van der Waals surface area contributed by atoms with Gasteiger partial charge in [0.1, 0.15) is 11.4 Å². The lowest BCUT2D eigenvalue weighted by Crippen LogP contribution is -2.28. The molecule has 0 saturated carbocycles. The number of carbonyl (C=O) groups excluding carboxylic acids is 1. The Bertz CT molecular complexity index is 1030. The van der Waals surface area contributed by atoms with Gasteiger partial charge in [-0.2, -0.15) is 18.3 Å². The standard InChI is InChI=1S/C18H18F3N5O3/c1-9(23-17(28)14-8-16(18(19,20)21)24-26(14)3)15-7-13(25-29-15)11-4-5-22-12(6-11)10(2)27/h4-10,27H,1-3H3,(H,23,28)/t9-,10-/m0/s1. The van der Waals surface area contributed by atoms with E-state index in [0.29, 0.717) is 28.8 Å². The number of aliphatic hydroxyl groups is 1. The van der Waals surface area contributed by atoms with Crippen molar-refractivity contribution < 1.29 is 27.6 Å². The third kappa shape index (κ3) is 4.45. The first-order valence-electron chi connectivity index (χ1n) is 8.59. The maximum atomic E-state index is 12.8. The van der Waals surface area contributed by atoms with E-state index in [4.69, 9.17) is 4.52 Å². The zero-order valence-electron chi connectivity index (χ0n) is 15.7. The van der Waals surface area contributed by atoms with E-state index in [9.17, 15) is 23.1 Å². The van der Waals surface area contributed by atoms with Crippen molar-refractivity contribution in [2.75, 3.05) is 0 Å². The Morgan fingerprint density at radius 3 is 2.62 bits per heavy atom. The molecule has 154 valence electrons. The highest BCUT2D eigenvalue weighted by atomic mass is 19.4. The molecule has 0 bridgehead atoms. The maximum absolute atomic E-state index is 12.8. The number of aliphatic hydroxyl groups excluding tert-OH is 1. The number of hydrogen-bond donors (Lipinski definition) is 2. The molecule has 3 aromatic heterocycles. The van der Waals surface area contributed by atoms with Crippen molar-refractivity contribution in [3.05, 3.63) is 53.3 Å². The Kier molecular flexibility index (Phi) is 5.42. The fraction of sp³-hybridized carbons (Fsp3) is 0.333. The number of amides is 1. The van der Waals surface area contributed by atoms with Crippen molar-refractivity contribution in [1.82, 2.24) is 25.2 Å². The molecule has 0 saturated heterocycles. The smallest absolute Gasteiger partial charge is 0.387 e. The van der Waals surface area contributed by atoms with Crippen molar-refractivity contribution in [2.45, 2.75) is 32.2 Å². The fourth-order valence-electron chi connectivity index (χ4n) is 2.63. The van der Waals surface area contributed by atoms with Gasteiger partial charge in [0.05, 0.1) is 17.8 Å². The molecule has 2 atom stereocenters. The number of carbonyl (C=O) groups is 1. The van der Waals surface area contributed by atoms with Crippen molar-refractivity contribution >= 4 is 5.91 Å². The highest BCUT2D eigenvalue weighted by Gasteiger charge is 2.35. The summed E-state index contributed by atoms with van der Waals surface area (Å²) in [7, 11) is 1.25. The van der Waals surface area contributed by atoms with Crippen LogP contribution >= 0.6 is 0 Å². The number of aromatic nitrogens is 4. The minimum atomic E-state index is -4.64. The summed E-state index contributed by atoms with van der Waals surface area (Å²) in [6.45, 7) is 3.19. The molecule has 0 aromatic carbocycles. The average molecular weight is 409 g/mol. The lowest BCUT2D eigenvalue weighted by Gasteiger charge is -2.10. The molecule has 3 heterocycles. The molecule has 0 aliphatic rings. The molecule has 2 N–H and O–H groups in total. The molecule has 3 rings (SSSR count). The molecule has 1 amide bonds. The molecule has 0 aliphatic carbocycles. The summed E-state index contributed by atoms with van der Waals surface area (Å²) in [5, 5.41) is 19.5. The van der Waals surface area contributed by atoms with E-state index < -0.39 is 29.9 Å². The summed E-state index contributed by atoms with van der Waals surface area (Å²) >= 11 is 0. The van der Waals surface area contributed by atoms with Crippen LogP contribution in [0, 0.1) is 0 Å². The van der Waals surface area contributed by atoms with Gasteiger partial charge >= 0.3 is 6.18 Å². The van der Waals surface area contributed by atoms with Gasteiger partial charge in [-0.15, -0.1) is 0 Å². The number of nitrogens with one attached hydrogen (secondary N) is 1. The van der Waals surface area contributed by atoms with Crippen LogP contribution in [0.1, 0.15) is 53.6 Å². The third-order valence-corrected chi connectivity index (χ3v) is 4.21. The zero-order valence-corrected chi connectivity index (χ0v) is 15.7. The van der Waals surface area contributed by atoms with Crippen molar-refractivity contribution in [3.63, 3.8) is 0 Å². The SMILES string of the molecule is C[C@H](O)c1cc(-c2cc([C@H](C)NC(=O)c3cc(C(F)(F)F)nn3C)on2)ccn1. The minimum Gasteiger partial charge on any atom is -0.387 e. The Hall–Kier alpha value is -3.21. The molecule has 11 heteroatoms. The summed E-state index contributed by atoms with van der Waals surface area (Å²) in [5.74, 6) is -0.428. The molecular formula is C18H18F3N5O3. The molecule has 3 aromatic rings. The molecule has 0 radical (unpaired) electrons. The van der Waals surface area contributed by atoms with E-state index in [0.717, 1.165) is 4.68 Å². The summed E-state index contributed by atoms with van der Waals surface area (Å²) in [6, 6.07) is 4.96. The average Bonchev–Trinajstić information content (AvgIpc) is 3.28. The zero-order chi connectivity index (χ0) is 21.3. The Balaban J connectivity index is 1.75. The van der Waals surface area contributed by atoms with E-state index in [1.54, 1.807) is 32.0 Å². The van der Waals surface area contributed by atoms with Gasteiger partial charge in [0, 0.05) is 30.9 Å². The Labute approximate surface area is 163 Å². The first kappa shape index (κ1) is 20.5. The van der Waals surface area contributed by atoms with Crippen LogP contribution in [0.25, 0.3) is 11.3 Å². The largest absolute Gasteiger partial charge is 0.435 e. The summed E-state index contributed by atoms with van der Waals surface area (Å²) in [5.41, 5.74) is 0.201. The van der Waals surface area contributed by atoms with Gasteiger partial charge in [-0.3, -0.25) is 14.5 Å². The molecule has 0 unspecified atom stereocenters. The van der Waals surface area contributed by atoms with Gasteiger partial charge in [0.15, 0.2) is 11.5 Å². The second kappa shape index (κ2) is 7.66. The highest BCUT2D eigenvalue weighted by Crippen LogP contribution is 2.29. The van der Waals surface area contributed by atoms with Crippen molar-refractivity contribution in [3.8, 4) is 11.3 Å². The summed E-state index contributed by atoms with van der Waals surface area (Å²) in [6.07, 6.45) is -3.87. The number of alkyl halides is 3. The first-order chi connectivity index (χ1) is 13.6. The van der Waals surface area contributed by atoms with Gasteiger partial charge in [-0.1, -0.05) is 5.16 Å². The lowest BCUT2D eigenvalue weighted by molar-refractivity contribution is -0.141. The number of rotatable bonds is 5. The first-order valence-corrected chi connectivity index (χ1v) is 8.59. The van der Waals surface area contributed by atoms with Crippen LogP contribution in [0.5, 0.6) is 0 Å². The molecule has 8 nitrogen and oxygen atoms in total. The van der Waals surface area contributed by atoms with Crippen LogP contribution in [-0.2, 0) is 13.2 Å². The monoisotopic (exact) mass is 409 g/mol. The van der Waals surface area contributed by atoms with Gasteiger partial charge in [0.25, 0.3) is 5.91 Å². The topological polar surface area (TPSA) is 106 Å². The van der Waals surface area contributed by atoms with Crippen LogP contribution < -0.4 is 5.32 Å². The quantitative estimate of drug-likeness (QED) is 0.671. The minimum absolute atomic E-state index is 0.236. The predicted octanol–water partition coefficient (Wildman–Crippen LogP) is 3.03. The van der Waals surface area contributed by atoms with E-state index in [1.165, 1.54) is 13.2 Å². The van der Waals surface area contributed by atoms with E-state index in [2.05, 4.69) is 20.6 Å². The maximum Gasteiger partial charge on any atom is 0.435 e. The number of aryl methyl sites for hydroxylation is 1. The van der Waals surface area contributed by atoms with Crippen LogP contribution in [-0.4, -0.2) is 30.9 Å². The van der Waals surface area contributed by atoms with Crippen LogP contribution in [0.4, 0.5) is 13.2 Å². The van der Waals surface area contributed by atoms with Crippen LogP contribution in [0.2, 0.25) is 0 Å². The fourth-order valence-corrected chi connectivity index (χ4v) is 2.63. The van der Waals surface area contributed by atoms with E-state index in [-0.39, 0.29) is 5.69 Å². The van der Waals surface area contributed by atoms with Crippen molar-refractivity contribution in [1.29, 1.82) is 0 Å². The third-order valence-electron chi connectivity index (χ3n) is 4.21. The van der Waals surface area contributed by atoms with Gasteiger partial charge < -0.3 is 14.9 Å².